The largest absolute Gasteiger partial charge is 0.379 e. The van der Waals surface area contributed by atoms with Gasteiger partial charge in [0.1, 0.15) is 0 Å². The van der Waals surface area contributed by atoms with Crippen molar-refractivity contribution in [2.45, 2.75) is 20.8 Å². The molecular weight excluding hydrogens is 252 g/mol. The normalized spacial score (nSPS) is 10.7. The first-order chi connectivity index (χ1) is 8.63. The molecule has 0 aliphatic heterocycles. The van der Waals surface area contributed by atoms with Crippen LogP contribution in [0.3, 0.4) is 0 Å². The quantitative estimate of drug-likeness (QED) is 0.699. The average molecular weight is 272 g/mol. The van der Waals surface area contributed by atoms with Crippen LogP contribution >= 0.6 is 11.3 Å². The van der Waals surface area contributed by atoms with Crippen molar-refractivity contribution in [3.63, 3.8) is 0 Å². The standard InChI is InChI=1S/C11H20N4O2S/c1-4-12-11-15-14-10(18-11)9(16)13-5-6-17-7-8(2)3/h8H,4-7H2,1-3H3,(H,12,15)(H,13,16). The van der Waals surface area contributed by atoms with Gasteiger partial charge in [-0.25, -0.2) is 0 Å². The Bertz CT molecular complexity index is 368. The van der Waals surface area contributed by atoms with Crippen molar-refractivity contribution in [3.05, 3.63) is 5.01 Å². The number of nitrogens with one attached hydrogen (secondary N) is 2. The fraction of sp³-hybridized carbons (Fsp3) is 0.727. The SMILES string of the molecule is CCNc1nnc(C(=O)NCCOCC(C)C)s1. The Morgan fingerprint density at radius 2 is 2.22 bits per heavy atom. The second kappa shape index (κ2) is 7.99. The molecule has 0 radical (unpaired) electrons. The van der Waals surface area contributed by atoms with Gasteiger partial charge >= 0.3 is 0 Å². The number of carbonyl (C=O) groups is 1. The first-order valence-electron chi connectivity index (χ1n) is 6.06. The summed E-state index contributed by atoms with van der Waals surface area (Å²) >= 11 is 1.25. The molecule has 1 aromatic rings. The zero-order valence-electron chi connectivity index (χ0n) is 11.0. The van der Waals surface area contributed by atoms with E-state index in [0.29, 0.717) is 35.8 Å². The third-order valence-corrected chi connectivity index (χ3v) is 2.81. The fourth-order valence-electron chi connectivity index (χ4n) is 1.17. The Labute approximate surface area is 111 Å². The minimum absolute atomic E-state index is 0.204. The van der Waals surface area contributed by atoms with Gasteiger partial charge in [-0.15, -0.1) is 10.2 Å². The third-order valence-electron chi connectivity index (χ3n) is 1.93. The van der Waals surface area contributed by atoms with Gasteiger partial charge in [0.05, 0.1) is 6.61 Å². The molecule has 0 spiro atoms. The van der Waals surface area contributed by atoms with Crippen LogP contribution in [0, 0.1) is 5.92 Å². The van der Waals surface area contributed by atoms with Crippen LogP contribution < -0.4 is 10.6 Å². The maximum absolute atomic E-state index is 11.7. The second-order valence-corrected chi connectivity index (χ2v) is 5.14. The highest BCUT2D eigenvalue weighted by Gasteiger charge is 2.11. The number of hydrogen-bond donors (Lipinski definition) is 2. The maximum Gasteiger partial charge on any atom is 0.282 e. The van der Waals surface area contributed by atoms with Crippen molar-refractivity contribution >= 4 is 22.4 Å². The molecule has 0 bridgehead atoms. The lowest BCUT2D eigenvalue weighted by Crippen LogP contribution is -2.27. The number of anilines is 1. The molecule has 102 valence electrons. The Kier molecular flexibility index (Phi) is 6.59. The van der Waals surface area contributed by atoms with Gasteiger partial charge in [-0.3, -0.25) is 4.79 Å². The minimum Gasteiger partial charge on any atom is -0.379 e. The number of carbonyl (C=O) groups excluding carboxylic acids is 1. The molecule has 0 atom stereocenters. The Morgan fingerprint density at radius 1 is 1.44 bits per heavy atom. The van der Waals surface area contributed by atoms with Crippen LogP contribution in [-0.2, 0) is 4.74 Å². The van der Waals surface area contributed by atoms with Gasteiger partial charge in [0, 0.05) is 19.7 Å². The molecule has 0 saturated heterocycles. The van der Waals surface area contributed by atoms with E-state index in [9.17, 15) is 4.79 Å². The summed E-state index contributed by atoms with van der Waals surface area (Å²) in [7, 11) is 0. The minimum atomic E-state index is -0.204. The van der Waals surface area contributed by atoms with E-state index in [1.165, 1.54) is 11.3 Å². The predicted molar refractivity (Wildman–Crippen MR) is 72.1 cm³/mol. The number of amides is 1. The maximum atomic E-state index is 11.7. The highest BCUT2D eigenvalue weighted by atomic mass is 32.1. The van der Waals surface area contributed by atoms with E-state index in [-0.39, 0.29) is 5.91 Å². The summed E-state index contributed by atoms with van der Waals surface area (Å²) in [5, 5.41) is 14.5. The molecule has 6 nitrogen and oxygen atoms in total. The van der Waals surface area contributed by atoms with Gasteiger partial charge in [0.25, 0.3) is 5.91 Å². The Morgan fingerprint density at radius 3 is 2.89 bits per heavy atom. The lowest BCUT2D eigenvalue weighted by atomic mass is 10.2. The molecule has 0 aliphatic rings. The number of rotatable bonds is 8. The third kappa shape index (κ3) is 5.42. The van der Waals surface area contributed by atoms with Gasteiger partial charge in [-0.2, -0.15) is 0 Å². The van der Waals surface area contributed by atoms with Gasteiger partial charge in [0.15, 0.2) is 0 Å². The average Bonchev–Trinajstić information content (AvgIpc) is 2.77. The van der Waals surface area contributed by atoms with Crippen LogP contribution in [0.4, 0.5) is 5.13 Å². The topological polar surface area (TPSA) is 76.1 Å². The zero-order valence-corrected chi connectivity index (χ0v) is 11.8. The van der Waals surface area contributed by atoms with Crippen molar-refractivity contribution in [2.75, 3.05) is 31.6 Å². The van der Waals surface area contributed by atoms with Gasteiger partial charge in [0.2, 0.25) is 10.1 Å². The number of nitrogens with zero attached hydrogens (tertiary/aromatic N) is 2. The first-order valence-corrected chi connectivity index (χ1v) is 6.88. The molecule has 0 fully saturated rings. The summed E-state index contributed by atoms with van der Waals surface area (Å²) in [5.41, 5.74) is 0. The van der Waals surface area contributed by atoms with E-state index >= 15 is 0 Å². The molecule has 1 amide bonds. The summed E-state index contributed by atoms with van der Waals surface area (Å²) in [4.78, 5) is 11.7. The predicted octanol–water partition coefficient (Wildman–Crippen LogP) is 1.37. The van der Waals surface area contributed by atoms with E-state index in [1.54, 1.807) is 0 Å². The Hall–Kier alpha value is -1.21. The summed E-state index contributed by atoms with van der Waals surface area (Å²) < 4.78 is 5.37. The summed E-state index contributed by atoms with van der Waals surface area (Å²) in [5.74, 6) is 0.302. The summed E-state index contributed by atoms with van der Waals surface area (Å²) in [6, 6.07) is 0. The van der Waals surface area contributed by atoms with Crippen molar-refractivity contribution in [3.8, 4) is 0 Å². The zero-order chi connectivity index (χ0) is 13.4. The van der Waals surface area contributed by atoms with Crippen LogP contribution in [0.25, 0.3) is 0 Å². The molecule has 0 aromatic carbocycles. The van der Waals surface area contributed by atoms with E-state index in [0.717, 1.165) is 6.54 Å². The van der Waals surface area contributed by atoms with E-state index in [4.69, 9.17) is 4.74 Å². The van der Waals surface area contributed by atoms with Crippen LogP contribution in [0.15, 0.2) is 0 Å². The van der Waals surface area contributed by atoms with Crippen molar-refractivity contribution in [1.29, 1.82) is 0 Å². The summed E-state index contributed by atoms with van der Waals surface area (Å²) in [6.45, 7) is 8.61. The Balaban J connectivity index is 2.23. The smallest absolute Gasteiger partial charge is 0.282 e. The van der Waals surface area contributed by atoms with Gasteiger partial charge in [-0.05, 0) is 12.8 Å². The van der Waals surface area contributed by atoms with E-state index < -0.39 is 0 Å². The highest BCUT2D eigenvalue weighted by Crippen LogP contribution is 2.14. The highest BCUT2D eigenvalue weighted by molar-refractivity contribution is 7.17. The first kappa shape index (κ1) is 14.8. The lowest BCUT2D eigenvalue weighted by molar-refractivity contribution is 0.0885. The fourth-order valence-corrected chi connectivity index (χ4v) is 1.90. The molecule has 2 N–H and O–H groups in total. The molecular formula is C11H20N4O2S. The molecule has 1 rings (SSSR count). The van der Waals surface area contributed by atoms with Crippen molar-refractivity contribution in [2.24, 2.45) is 5.92 Å². The molecule has 1 aromatic heterocycles. The van der Waals surface area contributed by atoms with Crippen LogP contribution in [0.1, 0.15) is 30.6 Å². The number of hydrogen-bond acceptors (Lipinski definition) is 6. The van der Waals surface area contributed by atoms with Gasteiger partial charge < -0.3 is 15.4 Å². The second-order valence-electron chi connectivity index (χ2n) is 4.17. The molecule has 7 heteroatoms. The monoisotopic (exact) mass is 272 g/mol. The lowest BCUT2D eigenvalue weighted by Gasteiger charge is -2.06. The van der Waals surface area contributed by atoms with Crippen LogP contribution in [-0.4, -0.2) is 42.4 Å². The van der Waals surface area contributed by atoms with Crippen molar-refractivity contribution < 1.29 is 9.53 Å². The van der Waals surface area contributed by atoms with Crippen LogP contribution in [0.2, 0.25) is 0 Å². The molecule has 0 aliphatic carbocycles. The number of aromatic nitrogens is 2. The molecule has 1 heterocycles. The molecule has 0 saturated carbocycles. The van der Waals surface area contributed by atoms with Gasteiger partial charge in [-0.1, -0.05) is 25.2 Å². The van der Waals surface area contributed by atoms with E-state index in [1.807, 2.05) is 6.92 Å². The number of ether oxygens (including phenoxy) is 1. The van der Waals surface area contributed by atoms with Crippen LogP contribution in [0.5, 0.6) is 0 Å². The molecule has 0 unspecified atom stereocenters. The van der Waals surface area contributed by atoms with Crippen molar-refractivity contribution in [1.82, 2.24) is 15.5 Å². The summed E-state index contributed by atoms with van der Waals surface area (Å²) in [6.07, 6.45) is 0. The molecule has 18 heavy (non-hydrogen) atoms. The van der Waals surface area contributed by atoms with E-state index in [2.05, 4.69) is 34.7 Å².